The summed E-state index contributed by atoms with van der Waals surface area (Å²) in [5, 5.41) is 10.1. The fraction of sp³-hybridized carbons (Fsp3) is 0.571. The number of hydrogen-bond acceptors (Lipinski definition) is 3. The second kappa shape index (κ2) is 7.30. The Bertz CT molecular complexity index is 323. The average Bonchev–Trinajstić information content (AvgIpc) is 2.29. The van der Waals surface area contributed by atoms with Crippen molar-refractivity contribution in [2.75, 3.05) is 13.2 Å². The maximum Gasteiger partial charge on any atom is 0.125 e. The molecule has 0 fully saturated rings. The quantitative estimate of drug-likeness (QED) is 0.742. The van der Waals surface area contributed by atoms with Crippen LogP contribution in [0.2, 0.25) is 0 Å². The van der Waals surface area contributed by atoms with E-state index in [0.29, 0.717) is 19.6 Å². The lowest BCUT2D eigenvalue weighted by Gasteiger charge is -2.17. The molecule has 0 saturated carbocycles. The Hall–Kier alpha value is -1.06. The van der Waals surface area contributed by atoms with Crippen LogP contribution < -0.4 is 4.74 Å². The summed E-state index contributed by atoms with van der Waals surface area (Å²) in [7, 11) is 0. The molecule has 0 spiro atoms. The highest BCUT2D eigenvalue weighted by Gasteiger charge is 2.13. The second-order valence-electron chi connectivity index (χ2n) is 4.21. The Morgan fingerprint density at radius 2 is 1.94 bits per heavy atom. The van der Waals surface area contributed by atoms with Gasteiger partial charge in [0.2, 0.25) is 0 Å². The van der Waals surface area contributed by atoms with E-state index in [1.165, 1.54) is 0 Å². The lowest BCUT2D eigenvalue weighted by molar-refractivity contribution is 0.0861. The van der Waals surface area contributed by atoms with Gasteiger partial charge in [0.15, 0.2) is 0 Å². The normalized spacial score (nSPS) is 12.8. The highest BCUT2D eigenvalue weighted by Crippen LogP contribution is 2.27. The van der Waals surface area contributed by atoms with E-state index >= 15 is 0 Å². The van der Waals surface area contributed by atoms with E-state index in [9.17, 15) is 5.11 Å². The third-order valence-electron chi connectivity index (χ3n) is 2.38. The number of ether oxygens (including phenoxy) is 2. The molecule has 3 nitrogen and oxygen atoms in total. The van der Waals surface area contributed by atoms with Crippen LogP contribution in [0.15, 0.2) is 24.3 Å². The Morgan fingerprint density at radius 1 is 1.24 bits per heavy atom. The van der Waals surface area contributed by atoms with Crippen molar-refractivity contribution < 1.29 is 14.6 Å². The van der Waals surface area contributed by atoms with Gasteiger partial charge in [0.1, 0.15) is 5.75 Å². The summed E-state index contributed by atoms with van der Waals surface area (Å²) in [4.78, 5) is 0. The highest BCUT2D eigenvalue weighted by molar-refractivity contribution is 5.35. The van der Waals surface area contributed by atoms with Gasteiger partial charge in [-0.25, -0.2) is 0 Å². The van der Waals surface area contributed by atoms with Crippen LogP contribution in [-0.4, -0.2) is 24.4 Å². The van der Waals surface area contributed by atoms with Gasteiger partial charge in [-0.2, -0.15) is 0 Å². The van der Waals surface area contributed by atoms with Crippen molar-refractivity contribution in [2.24, 2.45) is 0 Å². The maximum absolute atomic E-state index is 10.1. The summed E-state index contributed by atoms with van der Waals surface area (Å²) in [6.07, 6.45) is 0.165. The van der Waals surface area contributed by atoms with E-state index < -0.39 is 6.10 Å². The zero-order valence-electron chi connectivity index (χ0n) is 10.8. The minimum Gasteiger partial charge on any atom is -0.491 e. The van der Waals surface area contributed by atoms with Crippen LogP contribution in [0.3, 0.4) is 0 Å². The first-order valence-corrected chi connectivity index (χ1v) is 6.16. The number of aliphatic hydroxyl groups is 1. The predicted molar refractivity (Wildman–Crippen MR) is 68.3 cm³/mol. The molecule has 0 saturated heterocycles. The molecule has 0 aliphatic heterocycles. The predicted octanol–water partition coefficient (Wildman–Crippen LogP) is 2.93. The summed E-state index contributed by atoms with van der Waals surface area (Å²) in [6, 6.07) is 7.61. The summed E-state index contributed by atoms with van der Waals surface area (Å²) >= 11 is 0. The molecular formula is C14H22O3. The summed E-state index contributed by atoms with van der Waals surface area (Å²) in [6.45, 7) is 7.14. The maximum atomic E-state index is 10.1. The molecule has 0 aromatic heterocycles. The first-order valence-electron chi connectivity index (χ1n) is 6.16. The molecule has 3 heteroatoms. The van der Waals surface area contributed by atoms with Gasteiger partial charge in [0, 0.05) is 25.2 Å². The van der Waals surface area contributed by atoms with Crippen molar-refractivity contribution in [3.63, 3.8) is 0 Å². The second-order valence-corrected chi connectivity index (χ2v) is 4.21. The molecule has 0 bridgehead atoms. The molecule has 1 unspecified atom stereocenters. The number of para-hydroxylation sites is 1. The van der Waals surface area contributed by atoms with Crippen molar-refractivity contribution in [1.82, 2.24) is 0 Å². The molecule has 0 amide bonds. The van der Waals surface area contributed by atoms with E-state index in [4.69, 9.17) is 9.47 Å². The van der Waals surface area contributed by atoms with E-state index in [0.717, 1.165) is 11.3 Å². The lowest BCUT2D eigenvalue weighted by Crippen LogP contribution is -2.10. The molecule has 0 aliphatic rings. The standard InChI is InChI=1S/C14H22O3/c1-4-16-10-9-13(15)12-7-5-6-8-14(12)17-11(2)3/h5-8,11,13,15H,4,9-10H2,1-3H3. The van der Waals surface area contributed by atoms with Gasteiger partial charge >= 0.3 is 0 Å². The van der Waals surface area contributed by atoms with E-state index in [1.807, 2.05) is 45.0 Å². The van der Waals surface area contributed by atoms with Crippen molar-refractivity contribution in [3.05, 3.63) is 29.8 Å². The molecule has 1 N–H and O–H groups in total. The van der Waals surface area contributed by atoms with Gasteiger partial charge in [-0.15, -0.1) is 0 Å². The zero-order chi connectivity index (χ0) is 12.7. The highest BCUT2D eigenvalue weighted by atomic mass is 16.5. The van der Waals surface area contributed by atoms with Gasteiger partial charge < -0.3 is 14.6 Å². The Balaban J connectivity index is 2.67. The minimum absolute atomic E-state index is 0.107. The smallest absolute Gasteiger partial charge is 0.125 e. The van der Waals surface area contributed by atoms with Crippen LogP contribution in [0.1, 0.15) is 38.9 Å². The fourth-order valence-corrected chi connectivity index (χ4v) is 1.61. The van der Waals surface area contributed by atoms with Crippen LogP contribution in [-0.2, 0) is 4.74 Å². The lowest BCUT2D eigenvalue weighted by atomic mass is 10.1. The van der Waals surface area contributed by atoms with Crippen LogP contribution in [0.4, 0.5) is 0 Å². The third kappa shape index (κ3) is 4.75. The zero-order valence-corrected chi connectivity index (χ0v) is 10.8. The molecule has 1 rings (SSSR count). The van der Waals surface area contributed by atoms with Crippen molar-refractivity contribution >= 4 is 0 Å². The van der Waals surface area contributed by atoms with E-state index in [2.05, 4.69) is 0 Å². The van der Waals surface area contributed by atoms with E-state index in [-0.39, 0.29) is 6.10 Å². The molecule has 1 atom stereocenters. The number of hydrogen-bond donors (Lipinski definition) is 1. The summed E-state index contributed by atoms with van der Waals surface area (Å²) < 4.78 is 10.9. The average molecular weight is 238 g/mol. The van der Waals surface area contributed by atoms with Crippen molar-refractivity contribution in [2.45, 2.75) is 39.4 Å². The molecule has 1 aromatic carbocycles. The number of rotatable bonds is 7. The van der Waals surface area contributed by atoms with Crippen LogP contribution in [0.5, 0.6) is 5.75 Å². The Labute approximate surface area is 103 Å². The van der Waals surface area contributed by atoms with Crippen LogP contribution in [0, 0.1) is 0 Å². The molecule has 1 aromatic rings. The topological polar surface area (TPSA) is 38.7 Å². The van der Waals surface area contributed by atoms with Gasteiger partial charge in [0.05, 0.1) is 12.2 Å². The van der Waals surface area contributed by atoms with Crippen molar-refractivity contribution in [1.29, 1.82) is 0 Å². The Kier molecular flexibility index (Phi) is 6.01. The third-order valence-corrected chi connectivity index (χ3v) is 2.38. The largest absolute Gasteiger partial charge is 0.491 e. The monoisotopic (exact) mass is 238 g/mol. The Morgan fingerprint density at radius 3 is 2.59 bits per heavy atom. The van der Waals surface area contributed by atoms with Gasteiger partial charge in [-0.1, -0.05) is 18.2 Å². The molecule has 0 aliphatic carbocycles. The van der Waals surface area contributed by atoms with Gasteiger partial charge in [-0.3, -0.25) is 0 Å². The fourth-order valence-electron chi connectivity index (χ4n) is 1.61. The SMILES string of the molecule is CCOCCC(O)c1ccccc1OC(C)C. The first-order chi connectivity index (χ1) is 8.15. The minimum atomic E-state index is -0.531. The van der Waals surface area contributed by atoms with E-state index in [1.54, 1.807) is 0 Å². The molecular weight excluding hydrogens is 216 g/mol. The molecule has 0 heterocycles. The summed E-state index contributed by atoms with van der Waals surface area (Å²) in [5.41, 5.74) is 0.834. The van der Waals surface area contributed by atoms with Gasteiger partial charge in [-0.05, 0) is 26.8 Å². The molecule has 96 valence electrons. The summed E-state index contributed by atoms with van der Waals surface area (Å²) in [5.74, 6) is 0.756. The van der Waals surface area contributed by atoms with Crippen molar-refractivity contribution in [3.8, 4) is 5.75 Å². The molecule has 17 heavy (non-hydrogen) atoms. The number of aliphatic hydroxyl groups excluding tert-OH is 1. The van der Waals surface area contributed by atoms with Crippen LogP contribution >= 0.6 is 0 Å². The van der Waals surface area contributed by atoms with Gasteiger partial charge in [0.25, 0.3) is 0 Å². The number of benzene rings is 1. The molecule has 0 radical (unpaired) electrons. The van der Waals surface area contributed by atoms with Crippen LogP contribution in [0.25, 0.3) is 0 Å². The first kappa shape index (κ1) is 14.0.